The number of hydrogen-bond acceptors (Lipinski definition) is 5. The van der Waals surface area contributed by atoms with Crippen LogP contribution in [0.15, 0.2) is 23.4 Å². The first kappa shape index (κ1) is 12.1. The SMILES string of the molecule is CN(C)NS(=O)(=O)c1ccc(CO)cn1. The number of hydrogen-bond donors (Lipinski definition) is 2. The highest BCUT2D eigenvalue weighted by molar-refractivity contribution is 7.89. The Labute approximate surface area is 88.6 Å². The van der Waals surface area contributed by atoms with Crippen LogP contribution < -0.4 is 4.83 Å². The number of hydrazine groups is 1. The lowest BCUT2D eigenvalue weighted by molar-refractivity contribution is 0.281. The van der Waals surface area contributed by atoms with E-state index in [9.17, 15) is 8.42 Å². The van der Waals surface area contributed by atoms with E-state index in [4.69, 9.17) is 5.11 Å². The van der Waals surface area contributed by atoms with E-state index in [1.165, 1.54) is 23.3 Å². The first-order chi connectivity index (χ1) is 6.95. The molecule has 1 aromatic heterocycles. The third-order valence-corrected chi connectivity index (χ3v) is 2.96. The van der Waals surface area contributed by atoms with Crippen LogP contribution in [0, 0.1) is 0 Å². The summed E-state index contributed by atoms with van der Waals surface area (Å²) in [5.74, 6) is 0. The van der Waals surface area contributed by atoms with Crippen molar-refractivity contribution in [1.82, 2.24) is 14.8 Å². The highest BCUT2D eigenvalue weighted by Crippen LogP contribution is 2.06. The standard InChI is InChI=1S/C8H13N3O3S/c1-11(2)10-15(13,14)8-4-3-7(6-12)5-9-8/h3-5,10,12H,6H2,1-2H3. The van der Waals surface area contributed by atoms with E-state index in [0.29, 0.717) is 5.56 Å². The summed E-state index contributed by atoms with van der Waals surface area (Å²) in [6, 6.07) is 2.86. The molecule has 0 saturated carbocycles. The lowest BCUT2D eigenvalue weighted by atomic mass is 10.3. The summed E-state index contributed by atoms with van der Waals surface area (Å²) < 4.78 is 23.1. The largest absolute Gasteiger partial charge is 0.392 e. The molecule has 7 heteroatoms. The Morgan fingerprint density at radius 2 is 2.13 bits per heavy atom. The summed E-state index contributed by atoms with van der Waals surface area (Å²) in [7, 11) is -0.463. The molecular formula is C8H13N3O3S. The van der Waals surface area contributed by atoms with E-state index in [1.807, 2.05) is 0 Å². The second-order valence-electron chi connectivity index (χ2n) is 3.15. The van der Waals surface area contributed by atoms with Gasteiger partial charge in [0.2, 0.25) is 0 Å². The van der Waals surface area contributed by atoms with Crippen LogP contribution in [-0.2, 0) is 16.6 Å². The third-order valence-electron chi connectivity index (χ3n) is 1.56. The zero-order chi connectivity index (χ0) is 11.5. The van der Waals surface area contributed by atoms with Gasteiger partial charge in [0.25, 0.3) is 10.0 Å². The van der Waals surface area contributed by atoms with Crippen LogP contribution >= 0.6 is 0 Å². The second kappa shape index (κ2) is 4.67. The van der Waals surface area contributed by atoms with E-state index in [0.717, 1.165) is 0 Å². The van der Waals surface area contributed by atoms with Gasteiger partial charge in [-0.25, -0.2) is 18.4 Å². The normalized spacial score (nSPS) is 12.0. The van der Waals surface area contributed by atoms with Crippen LogP contribution in [0.1, 0.15) is 5.56 Å². The highest BCUT2D eigenvalue weighted by atomic mass is 32.2. The van der Waals surface area contributed by atoms with Crippen molar-refractivity contribution in [3.63, 3.8) is 0 Å². The topological polar surface area (TPSA) is 82.5 Å². The van der Waals surface area contributed by atoms with E-state index in [2.05, 4.69) is 9.82 Å². The van der Waals surface area contributed by atoms with Crippen molar-refractivity contribution in [2.45, 2.75) is 11.6 Å². The quantitative estimate of drug-likeness (QED) is 0.671. The molecular weight excluding hydrogens is 218 g/mol. The number of nitrogens with one attached hydrogen (secondary N) is 1. The predicted molar refractivity (Wildman–Crippen MR) is 54.2 cm³/mol. The molecule has 1 rings (SSSR count). The highest BCUT2D eigenvalue weighted by Gasteiger charge is 2.15. The maximum Gasteiger partial charge on any atom is 0.270 e. The van der Waals surface area contributed by atoms with Gasteiger partial charge in [-0.1, -0.05) is 6.07 Å². The van der Waals surface area contributed by atoms with Gasteiger partial charge in [-0.05, 0) is 11.6 Å². The summed E-state index contributed by atoms with van der Waals surface area (Å²) in [6.07, 6.45) is 1.32. The van der Waals surface area contributed by atoms with E-state index >= 15 is 0 Å². The maximum absolute atomic E-state index is 11.6. The van der Waals surface area contributed by atoms with Gasteiger partial charge >= 0.3 is 0 Å². The molecule has 0 unspecified atom stereocenters. The minimum absolute atomic E-state index is 0.0756. The summed E-state index contributed by atoms with van der Waals surface area (Å²) in [6.45, 7) is -0.158. The minimum Gasteiger partial charge on any atom is -0.392 e. The van der Waals surface area contributed by atoms with Gasteiger partial charge in [0.1, 0.15) is 0 Å². The van der Waals surface area contributed by atoms with Gasteiger partial charge in [-0.3, -0.25) is 0 Å². The zero-order valence-corrected chi connectivity index (χ0v) is 9.32. The van der Waals surface area contributed by atoms with Crippen molar-refractivity contribution in [3.05, 3.63) is 23.9 Å². The minimum atomic E-state index is -3.60. The number of aliphatic hydroxyl groups excluding tert-OH is 1. The molecule has 0 atom stereocenters. The first-order valence-corrected chi connectivity index (χ1v) is 5.69. The molecule has 1 heterocycles. The summed E-state index contributed by atoms with van der Waals surface area (Å²) in [5, 5.41) is 10.0. The molecule has 0 bridgehead atoms. The lowest BCUT2D eigenvalue weighted by Gasteiger charge is -2.11. The Morgan fingerprint density at radius 1 is 1.47 bits per heavy atom. The van der Waals surface area contributed by atoms with Crippen molar-refractivity contribution in [3.8, 4) is 0 Å². The van der Waals surface area contributed by atoms with Gasteiger partial charge in [-0.15, -0.1) is 4.83 Å². The molecule has 0 aliphatic rings. The monoisotopic (exact) mass is 231 g/mol. The molecule has 0 aliphatic heterocycles. The van der Waals surface area contributed by atoms with Crippen molar-refractivity contribution in [2.75, 3.05) is 14.1 Å². The molecule has 0 fully saturated rings. The van der Waals surface area contributed by atoms with Crippen molar-refractivity contribution in [2.24, 2.45) is 0 Å². The fourth-order valence-electron chi connectivity index (χ4n) is 0.951. The van der Waals surface area contributed by atoms with Crippen LogP contribution in [0.3, 0.4) is 0 Å². The summed E-state index contributed by atoms with van der Waals surface area (Å²) in [4.78, 5) is 5.99. The molecule has 2 N–H and O–H groups in total. The molecule has 0 aromatic carbocycles. The molecule has 0 radical (unpaired) electrons. The molecule has 15 heavy (non-hydrogen) atoms. The predicted octanol–water partition coefficient (Wildman–Crippen LogP) is -0.671. The Morgan fingerprint density at radius 3 is 2.53 bits per heavy atom. The number of aliphatic hydroxyl groups is 1. The fraction of sp³-hybridized carbons (Fsp3) is 0.375. The van der Waals surface area contributed by atoms with Gasteiger partial charge < -0.3 is 5.11 Å². The van der Waals surface area contributed by atoms with Gasteiger partial charge in [0, 0.05) is 20.3 Å². The number of sulfonamides is 1. The van der Waals surface area contributed by atoms with Crippen LogP contribution in [0.25, 0.3) is 0 Å². The zero-order valence-electron chi connectivity index (χ0n) is 8.51. The van der Waals surface area contributed by atoms with Crippen molar-refractivity contribution in [1.29, 1.82) is 0 Å². The number of nitrogens with zero attached hydrogens (tertiary/aromatic N) is 2. The van der Waals surface area contributed by atoms with Crippen LogP contribution in [-0.4, -0.2) is 37.6 Å². The van der Waals surface area contributed by atoms with Gasteiger partial charge in [-0.2, -0.15) is 0 Å². The Hall–Kier alpha value is -1.02. The second-order valence-corrected chi connectivity index (χ2v) is 4.76. The first-order valence-electron chi connectivity index (χ1n) is 4.21. The molecule has 0 aliphatic carbocycles. The van der Waals surface area contributed by atoms with E-state index in [-0.39, 0.29) is 11.6 Å². The molecule has 84 valence electrons. The molecule has 0 saturated heterocycles. The molecule has 0 spiro atoms. The van der Waals surface area contributed by atoms with Crippen molar-refractivity contribution < 1.29 is 13.5 Å². The number of rotatable bonds is 4. The maximum atomic E-state index is 11.6. The Balaban J connectivity index is 2.96. The molecule has 0 amide bonds. The van der Waals surface area contributed by atoms with E-state index in [1.54, 1.807) is 14.1 Å². The summed E-state index contributed by atoms with van der Waals surface area (Å²) in [5.41, 5.74) is 0.568. The Kier molecular flexibility index (Phi) is 3.75. The summed E-state index contributed by atoms with van der Waals surface area (Å²) >= 11 is 0. The number of aromatic nitrogens is 1. The lowest BCUT2D eigenvalue weighted by Crippen LogP contribution is -2.36. The fourth-order valence-corrected chi connectivity index (χ4v) is 1.96. The molecule has 6 nitrogen and oxygen atoms in total. The van der Waals surface area contributed by atoms with Gasteiger partial charge in [0.05, 0.1) is 6.61 Å². The van der Waals surface area contributed by atoms with Crippen molar-refractivity contribution >= 4 is 10.0 Å². The number of pyridine rings is 1. The third kappa shape index (κ3) is 3.24. The van der Waals surface area contributed by atoms with Crippen LogP contribution in [0.2, 0.25) is 0 Å². The van der Waals surface area contributed by atoms with E-state index < -0.39 is 10.0 Å². The smallest absolute Gasteiger partial charge is 0.270 e. The average Bonchev–Trinajstić information content (AvgIpc) is 2.16. The molecule has 1 aromatic rings. The average molecular weight is 231 g/mol. The van der Waals surface area contributed by atoms with Crippen LogP contribution in [0.5, 0.6) is 0 Å². The Bertz CT molecular complexity index is 413. The van der Waals surface area contributed by atoms with Gasteiger partial charge in [0.15, 0.2) is 5.03 Å². The van der Waals surface area contributed by atoms with Crippen LogP contribution in [0.4, 0.5) is 0 Å².